The highest BCUT2D eigenvalue weighted by Gasteiger charge is 2.20. The van der Waals surface area contributed by atoms with Crippen molar-refractivity contribution < 1.29 is 9.53 Å². The van der Waals surface area contributed by atoms with Crippen molar-refractivity contribution >= 4 is 5.91 Å². The van der Waals surface area contributed by atoms with Crippen molar-refractivity contribution in [1.82, 2.24) is 19.8 Å². The first kappa shape index (κ1) is 16.5. The van der Waals surface area contributed by atoms with E-state index in [1.54, 1.807) is 13.2 Å². The molecule has 0 spiro atoms. The number of likely N-dealkylation sites (tertiary alicyclic amines) is 1. The van der Waals surface area contributed by atoms with Crippen LogP contribution >= 0.6 is 0 Å². The molecule has 1 fully saturated rings. The summed E-state index contributed by atoms with van der Waals surface area (Å²) < 4.78 is 8.11. The second-order valence-electron chi connectivity index (χ2n) is 6.17. The molecular formula is C18H24N4O2. The summed E-state index contributed by atoms with van der Waals surface area (Å²) >= 11 is 0. The molecule has 1 saturated heterocycles. The molecule has 1 amide bonds. The number of nitrogens with one attached hydrogen (secondary N) is 1. The van der Waals surface area contributed by atoms with E-state index in [9.17, 15) is 4.79 Å². The summed E-state index contributed by atoms with van der Waals surface area (Å²) in [6, 6.07) is 7.91. The summed E-state index contributed by atoms with van der Waals surface area (Å²) in [4.78, 5) is 18.5. The largest absolute Gasteiger partial charge is 0.490 e. The summed E-state index contributed by atoms with van der Waals surface area (Å²) in [6.07, 6.45) is 5.81. The number of likely N-dealkylation sites (N-methyl/N-ethyl adjacent to an activating group) is 1. The summed E-state index contributed by atoms with van der Waals surface area (Å²) in [5.41, 5.74) is 0.922. The minimum atomic E-state index is -0.0528. The first-order valence-corrected chi connectivity index (χ1v) is 8.33. The molecule has 0 bridgehead atoms. The lowest BCUT2D eigenvalue weighted by atomic mass is 10.1. The number of para-hydroxylation sites is 1. The van der Waals surface area contributed by atoms with Crippen LogP contribution in [0.15, 0.2) is 36.7 Å². The number of carbonyl (C=O) groups is 1. The molecule has 24 heavy (non-hydrogen) atoms. The fraction of sp³-hybridized carbons (Fsp3) is 0.444. The van der Waals surface area contributed by atoms with Crippen LogP contribution in [0.25, 0.3) is 11.4 Å². The van der Waals surface area contributed by atoms with E-state index in [0.717, 1.165) is 43.1 Å². The Morgan fingerprint density at radius 1 is 1.33 bits per heavy atom. The molecule has 1 N–H and O–H groups in total. The summed E-state index contributed by atoms with van der Waals surface area (Å²) in [7, 11) is 3.77. The molecule has 0 atom stereocenters. The van der Waals surface area contributed by atoms with Gasteiger partial charge in [0.1, 0.15) is 24.2 Å². The van der Waals surface area contributed by atoms with E-state index >= 15 is 0 Å². The van der Waals surface area contributed by atoms with Crippen molar-refractivity contribution in [3.63, 3.8) is 0 Å². The van der Waals surface area contributed by atoms with Gasteiger partial charge in [-0.25, -0.2) is 4.98 Å². The first-order chi connectivity index (χ1) is 11.7. The maximum Gasteiger partial charge on any atom is 0.239 e. The topological polar surface area (TPSA) is 59.4 Å². The van der Waals surface area contributed by atoms with Gasteiger partial charge >= 0.3 is 0 Å². The van der Waals surface area contributed by atoms with Gasteiger partial charge in [0.15, 0.2) is 0 Å². The number of rotatable bonds is 5. The average molecular weight is 328 g/mol. The Bertz CT molecular complexity index is 690. The van der Waals surface area contributed by atoms with Crippen molar-refractivity contribution in [1.29, 1.82) is 0 Å². The smallest absolute Gasteiger partial charge is 0.239 e. The van der Waals surface area contributed by atoms with Gasteiger partial charge in [0.2, 0.25) is 5.91 Å². The van der Waals surface area contributed by atoms with Crippen LogP contribution in [0, 0.1) is 0 Å². The molecule has 3 rings (SSSR count). The van der Waals surface area contributed by atoms with E-state index in [1.165, 1.54) is 0 Å². The van der Waals surface area contributed by atoms with Crippen molar-refractivity contribution in [2.45, 2.75) is 25.5 Å². The predicted molar refractivity (Wildman–Crippen MR) is 92.9 cm³/mol. The summed E-state index contributed by atoms with van der Waals surface area (Å²) in [5.74, 6) is 1.53. The number of hydrogen-bond donors (Lipinski definition) is 1. The quantitative estimate of drug-likeness (QED) is 0.909. The highest BCUT2D eigenvalue weighted by atomic mass is 16.5. The second kappa shape index (κ2) is 7.49. The Hall–Kier alpha value is -2.34. The van der Waals surface area contributed by atoms with E-state index in [4.69, 9.17) is 4.74 Å². The van der Waals surface area contributed by atoms with Crippen molar-refractivity contribution in [2.24, 2.45) is 0 Å². The van der Waals surface area contributed by atoms with Crippen LogP contribution in [-0.2, 0) is 11.3 Å². The van der Waals surface area contributed by atoms with E-state index in [-0.39, 0.29) is 18.6 Å². The molecule has 0 radical (unpaired) electrons. The van der Waals surface area contributed by atoms with E-state index < -0.39 is 0 Å². The molecule has 1 aromatic heterocycles. The first-order valence-electron chi connectivity index (χ1n) is 8.33. The van der Waals surface area contributed by atoms with E-state index in [0.29, 0.717) is 0 Å². The number of imidazole rings is 1. The Balaban J connectivity index is 1.82. The van der Waals surface area contributed by atoms with Gasteiger partial charge in [-0.2, -0.15) is 0 Å². The Kier molecular flexibility index (Phi) is 5.15. The van der Waals surface area contributed by atoms with E-state index in [2.05, 4.69) is 22.2 Å². The molecule has 1 aromatic carbocycles. The molecular weight excluding hydrogens is 304 g/mol. The van der Waals surface area contributed by atoms with Gasteiger partial charge < -0.3 is 19.5 Å². The van der Waals surface area contributed by atoms with Gasteiger partial charge in [0.25, 0.3) is 0 Å². The Morgan fingerprint density at radius 3 is 2.83 bits per heavy atom. The standard InChI is InChI=1S/C18H24N4O2/c1-19-17(23)13-22-12-9-20-18(22)15-5-3-4-6-16(15)24-14-7-10-21(2)11-8-14/h3-6,9,12,14H,7-8,10-11,13H2,1-2H3,(H,19,23). The van der Waals surface area contributed by atoms with E-state index in [1.807, 2.05) is 35.0 Å². The monoisotopic (exact) mass is 328 g/mol. The SMILES string of the molecule is CNC(=O)Cn1ccnc1-c1ccccc1OC1CCN(C)CC1. The maximum atomic E-state index is 11.7. The number of aromatic nitrogens is 2. The molecule has 2 heterocycles. The van der Waals surface area contributed by atoms with Crippen molar-refractivity contribution in [3.05, 3.63) is 36.7 Å². The molecule has 6 heteroatoms. The minimum Gasteiger partial charge on any atom is -0.490 e. The number of carbonyl (C=O) groups excluding carboxylic acids is 1. The maximum absolute atomic E-state index is 11.7. The molecule has 0 saturated carbocycles. The van der Waals surface area contributed by atoms with Gasteiger partial charge in [-0.1, -0.05) is 12.1 Å². The number of ether oxygens (including phenoxy) is 1. The van der Waals surface area contributed by atoms with Gasteiger partial charge in [-0.15, -0.1) is 0 Å². The van der Waals surface area contributed by atoms with Gasteiger partial charge in [0, 0.05) is 32.5 Å². The van der Waals surface area contributed by atoms with Crippen LogP contribution in [0.5, 0.6) is 5.75 Å². The molecule has 128 valence electrons. The molecule has 0 aliphatic carbocycles. The number of hydrogen-bond acceptors (Lipinski definition) is 4. The molecule has 1 aliphatic rings. The van der Waals surface area contributed by atoms with Crippen LogP contribution in [0.4, 0.5) is 0 Å². The molecule has 0 unspecified atom stereocenters. The highest BCUT2D eigenvalue weighted by Crippen LogP contribution is 2.30. The minimum absolute atomic E-state index is 0.0528. The van der Waals surface area contributed by atoms with Crippen LogP contribution in [0.1, 0.15) is 12.8 Å². The lowest BCUT2D eigenvalue weighted by molar-refractivity contribution is -0.121. The normalized spacial score (nSPS) is 16.1. The van der Waals surface area contributed by atoms with Crippen LogP contribution < -0.4 is 10.1 Å². The van der Waals surface area contributed by atoms with Gasteiger partial charge in [0.05, 0.1) is 5.56 Å². The van der Waals surface area contributed by atoms with Crippen LogP contribution in [0.2, 0.25) is 0 Å². The third-order valence-corrected chi connectivity index (χ3v) is 4.40. The zero-order valence-electron chi connectivity index (χ0n) is 14.2. The fourth-order valence-corrected chi connectivity index (χ4v) is 2.95. The number of nitrogens with zero attached hydrogens (tertiary/aromatic N) is 3. The third-order valence-electron chi connectivity index (χ3n) is 4.40. The average Bonchev–Trinajstić information content (AvgIpc) is 3.05. The molecule has 2 aromatic rings. The Labute approximate surface area is 142 Å². The number of piperidine rings is 1. The zero-order chi connectivity index (χ0) is 16.9. The van der Waals surface area contributed by atoms with Crippen molar-refractivity contribution in [2.75, 3.05) is 27.2 Å². The van der Waals surface area contributed by atoms with Gasteiger partial charge in [-0.3, -0.25) is 4.79 Å². The lowest BCUT2D eigenvalue weighted by Crippen LogP contribution is -2.35. The number of benzene rings is 1. The second-order valence-corrected chi connectivity index (χ2v) is 6.17. The highest BCUT2D eigenvalue weighted by molar-refractivity contribution is 5.76. The van der Waals surface area contributed by atoms with Crippen molar-refractivity contribution in [3.8, 4) is 17.1 Å². The summed E-state index contributed by atoms with van der Waals surface area (Å²) in [6.45, 7) is 2.35. The molecule has 6 nitrogen and oxygen atoms in total. The predicted octanol–water partition coefficient (Wildman–Crippen LogP) is 1.77. The fourth-order valence-electron chi connectivity index (χ4n) is 2.95. The zero-order valence-corrected chi connectivity index (χ0v) is 14.2. The summed E-state index contributed by atoms with van der Waals surface area (Å²) in [5, 5.41) is 2.64. The van der Waals surface area contributed by atoms with Crippen LogP contribution in [0.3, 0.4) is 0 Å². The third kappa shape index (κ3) is 3.76. The number of amides is 1. The molecule has 1 aliphatic heterocycles. The van der Waals surface area contributed by atoms with Gasteiger partial charge in [-0.05, 0) is 32.0 Å². The lowest BCUT2D eigenvalue weighted by Gasteiger charge is -2.29. The van der Waals surface area contributed by atoms with Crippen LogP contribution in [-0.4, -0.2) is 53.6 Å². The Morgan fingerprint density at radius 2 is 2.08 bits per heavy atom.